The van der Waals surface area contributed by atoms with Crippen LogP contribution in [0.1, 0.15) is 64.6 Å². The van der Waals surface area contributed by atoms with Gasteiger partial charge in [-0.2, -0.15) is 4.37 Å². The molecule has 1 fully saturated rings. The fraction of sp³-hybridized carbons (Fsp3) is 0.333. The van der Waals surface area contributed by atoms with Gasteiger partial charge in [0, 0.05) is 11.7 Å². The lowest BCUT2D eigenvalue weighted by Gasteiger charge is -2.30. The van der Waals surface area contributed by atoms with Crippen LogP contribution in [0.4, 0.5) is 11.4 Å². The SMILES string of the molecule is CCOc1ccc(N(C(=O)c2snc(C(N)=O)c2N)[C@@H](C(=O)NC2CCCC2)c2ccco2)cc1. The van der Waals surface area contributed by atoms with Gasteiger partial charge in [0.15, 0.2) is 11.7 Å². The first-order valence-electron chi connectivity index (χ1n) is 11.4. The monoisotopic (exact) mass is 497 g/mol. The van der Waals surface area contributed by atoms with E-state index in [1.165, 1.54) is 11.2 Å². The highest BCUT2D eigenvalue weighted by atomic mass is 32.1. The van der Waals surface area contributed by atoms with E-state index in [2.05, 4.69) is 9.69 Å². The quantitative estimate of drug-likeness (QED) is 0.410. The van der Waals surface area contributed by atoms with Gasteiger partial charge in [-0.25, -0.2) is 0 Å². The summed E-state index contributed by atoms with van der Waals surface area (Å²) >= 11 is 0.752. The minimum absolute atomic E-state index is 0.00194. The van der Waals surface area contributed by atoms with Crippen LogP contribution in [-0.4, -0.2) is 34.7 Å². The van der Waals surface area contributed by atoms with Crippen LogP contribution in [0.5, 0.6) is 5.75 Å². The molecule has 0 saturated heterocycles. The number of benzene rings is 1. The number of rotatable bonds is 9. The first-order valence-corrected chi connectivity index (χ1v) is 12.1. The van der Waals surface area contributed by atoms with Gasteiger partial charge < -0.3 is 25.9 Å². The van der Waals surface area contributed by atoms with E-state index >= 15 is 0 Å². The third-order valence-corrected chi connectivity index (χ3v) is 6.67. The van der Waals surface area contributed by atoms with Crippen molar-refractivity contribution in [3.63, 3.8) is 0 Å². The van der Waals surface area contributed by atoms with Crippen LogP contribution in [0.2, 0.25) is 0 Å². The fourth-order valence-electron chi connectivity index (χ4n) is 4.16. The Balaban J connectivity index is 1.79. The molecule has 11 heteroatoms. The zero-order chi connectivity index (χ0) is 24.9. The normalized spacial score (nSPS) is 14.4. The van der Waals surface area contributed by atoms with E-state index in [4.69, 9.17) is 20.6 Å². The summed E-state index contributed by atoms with van der Waals surface area (Å²) in [5, 5.41) is 3.06. The van der Waals surface area contributed by atoms with Gasteiger partial charge in [0.25, 0.3) is 17.7 Å². The number of nitrogens with zero attached hydrogens (tertiary/aromatic N) is 2. The minimum atomic E-state index is -1.13. The topological polar surface area (TPSA) is 154 Å². The second-order valence-corrected chi connectivity index (χ2v) is 8.92. The number of amides is 3. The van der Waals surface area contributed by atoms with Crippen LogP contribution in [0, 0.1) is 0 Å². The van der Waals surface area contributed by atoms with Crippen molar-refractivity contribution in [1.29, 1.82) is 0 Å². The Morgan fingerprint density at radius 1 is 1.23 bits per heavy atom. The lowest BCUT2D eigenvalue weighted by molar-refractivity contribution is -0.123. The van der Waals surface area contributed by atoms with E-state index in [0.717, 1.165) is 37.2 Å². The van der Waals surface area contributed by atoms with E-state index in [0.29, 0.717) is 18.0 Å². The molecule has 2 heterocycles. The van der Waals surface area contributed by atoms with Crippen molar-refractivity contribution in [2.24, 2.45) is 5.73 Å². The Morgan fingerprint density at radius 3 is 2.51 bits per heavy atom. The minimum Gasteiger partial charge on any atom is -0.494 e. The number of hydrogen-bond acceptors (Lipinski definition) is 8. The maximum Gasteiger partial charge on any atom is 0.273 e. The first-order chi connectivity index (χ1) is 16.9. The molecular weight excluding hydrogens is 470 g/mol. The van der Waals surface area contributed by atoms with Crippen LogP contribution in [0.25, 0.3) is 0 Å². The van der Waals surface area contributed by atoms with E-state index in [1.807, 2.05) is 6.92 Å². The number of anilines is 2. The van der Waals surface area contributed by atoms with Crippen LogP contribution < -0.4 is 26.4 Å². The Morgan fingerprint density at radius 2 is 1.94 bits per heavy atom. The van der Waals surface area contributed by atoms with Crippen molar-refractivity contribution >= 4 is 40.6 Å². The number of carbonyl (C=O) groups is 3. The Labute approximate surface area is 206 Å². The number of carbonyl (C=O) groups excluding carboxylic acids is 3. The van der Waals surface area contributed by atoms with Crippen molar-refractivity contribution in [3.8, 4) is 5.75 Å². The highest BCUT2D eigenvalue weighted by Gasteiger charge is 2.38. The zero-order valence-electron chi connectivity index (χ0n) is 19.2. The molecular formula is C24H27N5O5S. The fourth-order valence-corrected chi connectivity index (χ4v) is 4.90. The highest BCUT2D eigenvalue weighted by molar-refractivity contribution is 7.09. The van der Waals surface area contributed by atoms with Gasteiger partial charge >= 0.3 is 0 Å². The first kappa shape index (κ1) is 24.3. The third-order valence-electron chi connectivity index (χ3n) is 5.82. The van der Waals surface area contributed by atoms with Gasteiger partial charge in [0.2, 0.25) is 0 Å². The van der Waals surface area contributed by atoms with Gasteiger partial charge in [0.05, 0.1) is 18.6 Å². The molecule has 35 heavy (non-hydrogen) atoms. The zero-order valence-corrected chi connectivity index (χ0v) is 20.0. The molecule has 1 aliphatic rings. The Bertz CT molecular complexity index is 1190. The molecule has 4 rings (SSSR count). The number of ether oxygens (including phenoxy) is 1. The number of nitrogens with two attached hydrogens (primary N) is 2. The van der Waals surface area contributed by atoms with Crippen molar-refractivity contribution in [2.45, 2.75) is 44.7 Å². The molecule has 1 atom stereocenters. The molecule has 5 N–H and O–H groups in total. The predicted octanol–water partition coefficient (Wildman–Crippen LogP) is 3.26. The van der Waals surface area contributed by atoms with Crippen molar-refractivity contribution in [2.75, 3.05) is 17.2 Å². The molecule has 3 amide bonds. The van der Waals surface area contributed by atoms with Crippen molar-refractivity contribution in [1.82, 2.24) is 9.69 Å². The Kier molecular flexibility index (Phi) is 7.35. The van der Waals surface area contributed by atoms with Crippen LogP contribution in [0.3, 0.4) is 0 Å². The molecule has 0 bridgehead atoms. The summed E-state index contributed by atoms with van der Waals surface area (Å²) in [4.78, 5) is 40.5. The van der Waals surface area contributed by atoms with Gasteiger partial charge in [-0.05, 0) is 67.7 Å². The van der Waals surface area contributed by atoms with Crippen LogP contribution >= 0.6 is 11.5 Å². The van der Waals surface area contributed by atoms with Crippen molar-refractivity contribution in [3.05, 3.63) is 59.0 Å². The maximum absolute atomic E-state index is 13.9. The molecule has 0 radical (unpaired) electrons. The summed E-state index contributed by atoms with van der Waals surface area (Å²) in [5.41, 5.74) is 11.5. The molecule has 184 valence electrons. The molecule has 1 saturated carbocycles. The van der Waals surface area contributed by atoms with E-state index < -0.39 is 17.9 Å². The third kappa shape index (κ3) is 5.14. The van der Waals surface area contributed by atoms with Crippen LogP contribution in [-0.2, 0) is 4.79 Å². The predicted molar refractivity (Wildman–Crippen MR) is 131 cm³/mol. The summed E-state index contributed by atoms with van der Waals surface area (Å²) in [7, 11) is 0. The maximum atomic E-state index is 13.9. The summed E-state index contributed by atoms with van der Waals surface area (Å²) in [6, 6.07) is 8.94. The number of hydrogen-bond donors (Lipinski definition) is 3. The molecule has 0 spiro atoms. The van der Waals surface area contributed by atoms with Crippen LogP contribution in [0.15, 0.2) is 47.1 Å². The lowest BCUT2D eigenvalue weighted by Crippen LogP contribution is -2.46. The van der Waals surface area contributed by atoms with E-state index in [-0.39, 0.29) is 34.0 Å². The molecule has 1 aromatic carbocycles. The number of nitrogen functional groups attached to an aromatic ring is 1. The lowest BCUT2D eigenvalue weighted by atomic mass is 10.1. The largest absolute Gasteiger partial charge is 0.494 e. The number of primary amides is 1. The van der Waals surface area contributed by atoms with E-state index in [9.17, 15) is 14.4 Å². The number of nitrogens with one attached hydrogen (secondary N) is 1. The number of aromatic nitrogens is 1. The summed E-state index contributed by atoms with van der Waals surface area (Å²) in [6.45, 7) is 2.35. The van der Waals surface area contributed by atoms with Gasteiger partial charge in [-0.15, -0.1) is 0 Å². The average molecular weight is 498 g/mol. The molecule has 3 aromatic rings. The number of furan rings is 1. The van der Waals surface area contributed by atoms with Crippen molar-refractivity contribution < 1.29 is 23.5 Å². The smallest absolute Gasteiger partial charge is 0.273 e. The molecule has 1 aliphatic carbocycles. The second kappa shape index (κ2) is 10.6. The average Bonchev–Trinajstić information content (AvgIpc) is 3.60. The molecule has 0 aliphatic heterocycles. The summed E-state index contributed by atoms with van der Waals surface area (Å²) < 4.78 is 15.1. The highest BCUT2D eigenvalue weighted by Crippen LogP contribution is 2.34. The molecule has 10 nitrogen and oxygen atoms in total. The van der Waals surface area contributed by atoms with E-state index in [1.54, 1.807) is 36.4 Å². The standard InChI is InChI=1S/C24H27N5O5S/c1-2-33-16-11-9-15(10-12-16)29(24(32)21-18(25)19(22(26)30)28-35-21)20(17-8-5-13-34-17)23(31)27-14-6-3-4-7-14/h5,8-14,20H,2-4,6-7,25H2,1H3,(H2,26,30)(H,27,31)/t20-/m1/s1. The summed E-state index contributed by atoms with van der Waals surface area (Å²) in [6.07, 6.45) is 5.25. The van der Waals surface area contributed by atoms with Gasteiger partial charge in [-0.3, -0.25) is 19.3 Å². The second-order valence-electron chi connectivity index (χ2n) is 8.15. The summed E-state index contributed by atoms with van der Waals surface area (Å²) in [5.74, 6) is -0.943. The van der Waals surface area contributed by atoms with Gasteiger partial charge in [0.1, 0.15) is 16.4 Å². The molecule has 2 aromatic heterocycles. The Hall–Kier alpha value is -3.86. The molecule has 0 unspecified atom stereocenters. The van der Waals surface area contributed by atoms with Gasteiger partial charge in [-0.1, -0.05) is 12.8 Å².